The Morgan fingerprint density at radius 2 is 2.00 bits per heavy atom. The summed E-state index contributed by atoms with van der Waals surface area (Å²) in [6, 6.07) is 13.0. The number of piperidine rings is 1. The van der Waals surface area contributed by atoms with Gasteiger partial charge in [-0.05, 0) is 61.9 Å². The summed E-state index contributed by atoms with van der Waals surface area (Å²) in [5.41, 5.74) is 6.20. The number of fused-ring (bicyclic) bond motifs is 1. The van der Waals surface area contributed by atoms with Crippen LogP contribution in [0, 0.1) is 6.92 Å². The second kappa shape index (κ2) is 9.00. The quantitative estimate of drug-likeness (QED) is 0.363. The molecular formula is C25H26N8S. The molecule has 0 unspecified atom stereocenters. The lowest BCUT2D eigenvalue weighted by Gasteiger charge is -2.31. The van der Waals surface area contributed by atoms with Gasteiger partial charge < -0.3 is 5.32 Å². The molecule has 1 aliphatic rings. The van der Waals surface area contributed by atoms with E-state index in [0.717, 1.165) is 58.7 Å². The molecular weight excluding hydrogens is 444 g/mol. The Morgan fingerprint density at radius 3 is 2.79 bits per heavy atom. The van der Waals surface area contributed by atoms with E-state index in [2.05, 4.69) is 61.8 Å². The molecule has 8 nitrogen and oxygen atoms in total. The van der Waals surface area contributed by atoms with Crippen molar-refractivity contribution in [2.24, 2.45) is 0 Å². The van der Waals surface area contributed by atoms with Crippen LogP contribution in [-0.4, -0.2) is 46.9 Å². The van der Waals surface area contributed by atoms with Crippen LogP contribution in [0.4, 0.5) is 10.8 Å². The minimum Gasteiger partial charge on any atom is -0.328 e. The van der Waals surface area contributed by atoms with Crippen molar-refractivity contribution in [2.75, 3.05) is 18.4 Å². The fourth-order valence-corrected chi connectivity index (χ4v) is 5.39. The third-order valence-electron chi connectivity index (χ3n) is 6.45. The highest BCUT2D eigenvalue weighted by Crippen LogP contribution is 2.30. The molecule has 1 fully saturated rings. The molecule has 1 saturated heterocycles. The summed E-state index contributed by atoms with van der Waals surface area (Å²) in [7, 11) is 0. The SMILES string of the molecule is Cc1cn2c(-c3cn[nH]c3)cnc2c(Nc2cc(CN3CCC(c4ccccc4)CC3)ns2)n1. The molecule has 2 N–H and O–H groups in total. The maximum Gasteiger partial charge on any atom is 0.180 e. The van der Waals surface area contributed by atoms with Gasteiger partial charge in [0.15, 0.2) is 11.5 Å². The maximum absolute atomic E-state index is 4.70. The topological polar surface area (TPSA) is 87.0 Å². The van der Waals surface area contributed by atoms with Crippen LogP contribution in [0.25, 0.3) is 16.9 Å². The van der Waals surface area contributed by atoms with Crippen molar-refractivity contribution < 1.29 is 0 Å². The number of hydrogen-bond acceptors (Lipinski definition) is 7. The zero-order valence-electron chi connectivity index (χ0n) is 19.0. The Bertz CT molecular complexity index is 1380. The van der Waals surface area contributed by atoms with E-state index in [9.17, 15) is 0 Å². The molecule has 0 bridgehead atoms. The molecule has 34 heavy (non-hydrogen) atoms. The van der Waals surface area contributed by atoms with E-state index in [1.54, 1.807) is 6.20 Å². The Hall–Kier alpha value is -3.56. The summed E-state index contributed by atoms with van der Waals surface area (Å²) in [5, 5.41) is 11.4. The number of rotatable bonds is 6. The van der Waals surface area contributed by atoms with Gasteiger partial charge in [-0.2, -0.15) is 9.47 Å². The first-order valence-electron chi connectivity index (χ1n) is 11.6. The van der Waals surface area contributed by atoms with Crippen molar-refractivity contribution in [1.29, 1.82) is 0 Å². The number of nitrogens with one attached hydrogen (secondary N) is 2. The van der Waals surface area contributed by atoms with Crippen molar-refractivity contribution in [3.05, 3.63) is 78.1 Å². The number of aryl methyl sites for hydroxylation is 1. The van der Waals surface area contributed by atoms with Crippen molar-refractivity contribution >= 4 is 28.0 Å². The first-order chi connectivity index (χ1) is 16.7. The van der Waals surface area contributed by atoms with Crippen LogP contribution in [0.15, 0.2) is 61.2 Å². The number of hydrogen-bond donors (Lipinski definition) is 2. The van der Waals surface area contributed by atoms with E-state index in [4.69, 9.17) is 9.36 Å². The maximum atomic E-state index is 4.70. The monoisotopic (exact) mass is 470 g/mol. The fraction of sp³-hybridized carbons (Fsp3) is 0.280. The summed E-state index contributed by atoms with van der Waals surface area (Å²) in [5.74, 6) is 1.40. The molecule has 172 valence electrons. The molecule has 5 aromatic rings. The lowest BCUT2D eigenvalue weighted by Crippen LogP contribution is -2.32. The van der Waals surface area contributed by atoms with Crippen LogP contribution >= 0.6 is 11.5 Å². The van der Waals surface area contributed by atoms with Gasteiger partial charge >= 0.3 is 0 Å². The van der Waals surface area contributed by atoms with E-state index < -0.39 is 0 Å². The van der Waals surface area contributed by atoms with E-state index in [1.165, 1.54) is 29.9 Å². The minimum absolute atomic E-state index is 0.668. The van der Waals surface area contributed by atoms with Gasteiger partial charge in [0.05, 0.1) is 29.5 Å². The molecule has 6 rings (SSSR count). The standard InChI is InChI=1S/C25H26N8S/c1-17-15-33-22(20-12-27-28-13-20)14-26-25(33)24(29-17)30-23-11-21(31-34-23)16-32-9-7-19(8-10-32)18-5-3-2-4-6-18/h2-6,11-15,19H,7-10,16H2,1H3,(H,27,28)(H,29,30). The molecule has 5 heterocycles. The minimum atomic E-state index is 0.668. The number of anilines is 2. The average molecular weight is 471 g/mol. The van der Waals surface area contributed by atoms with Gasteiger partial charge in [0.2, 0.25) is 0 Å². The van der Waals surface area contributed by atoms with Gasteiger partial charge in [-0.15, -0.1) is 0 Å². The first-order valence-corrected chi connectivity index (χ1v) is 12.3. The molecule has 9 heteroatoms. The highest BCUT2D eigenvalue weighted by molar-refractivity contribution is 7.10. The smallest absolute Gasteiger partial charge is 0.180 e. The second-order valence-corrected chi connectivity index (χ2v) is 9.63. The largest absolute Gasteiger partial charge is 0.328 e. The summed E-state index contributed by atoms with van der Waals surface area (Å²) >= 11 is 1.47. The van der Waals surface area contributed by atoms with Crippen LogP contribution in [0.1, 0.15) is 35.7 Å². The zero-order chi connectivity index (χ0) is 22.9. The molecule has 0 aliphatic carbocycles. The third-order valence-corrected chi connectivity index (χ3v) is 7.19. The number of imidazole rings is 1. The number of likely N-dealkylation sites (tertiary alicyclic amines) is 1. The van der Waals surface area contributed by atoms with Gasteiger partial charge in [0, 0.05) is 24.5 Å². The molecule has 0 spiro atoms. The van der Waals surface area contributed by atoms with Gasteiger partial charge in [0.25, 0.3) is 0 Å². The molecule has 0 saturated carbocycles. The van der Waals surface area contributed by atoms with E-state index in [0.29, 0.717) is 5.92 Å². The number of nitrogens with zero attached hydrogens (tertiary/aromatic N) is 6. The predicted octanol–water partition coefficient (Wildman–Crippen LogP) is 5.01. The summed E-state index contributed by atoms with van der Waals surface area (Å²) in [4.78, 5) is 11.8. The average Bonchev–Trinajstić information content (AvgIpc) is 3.61. The Labute approximate surface area is 201 Å². The number of H-pyrrole nitrogens is 1. The van der Waals surface area contributed by atoms with Crippen LogP contribution in [0.5, 0.6) is 0 Å². The van der Waals surface area contributed by atoms with E-state index in [-0.39, 0.29) is 0 Å². The van der Waals surface area contributed by atoms with Crippen LogP contribution < -0.4 is 5.32 Å². The first kappa shape index (κ1) is 21.0. The lowest BCUT2D eigenvalue weighted by atomic mass is 9.89. The lowest BCUT2D eigenvalue weighted by molar-refractivity contribution is 0.203. The number of aromatic amines is 1. The molecule has 0 radical (unpaired) electrons. The Kier molecular flexibility index (Phi) is 5.56. The third kappa shape index (κ3) is 4.20. The number of aromatic nitrogens is 6. The van der Waals surface area contributed by atoms with E-state index in [1.807, 2.05) is 29.9 Å². The highest BCUT2D eigenvalue weighted by Gasteiger charge is 2.21. The normalized spacial score (nSPS) is 15.2. The highest BCUT2D eigenvalue weighted by atomic mass is 32.1. The van der Waals surface area contributed by atoms with Crippen LogP contribution in [0.3, 0.4) is 0 Å². The van der Waals surface area contributed by atoms with Crippen molar-refractivity contribution in [3.8, 4) is 11.3 Å². The van der Waals surface area contributed by atoms with Crippen molar-refractivity contribution in [2.45, 2.75) is 32.2 Å². The van der Waals surface area contributed by atoms with E-state index >= 15 is 0 Å². The van der Waals surface area contributed by atoms with Gasteiger partial charge in [0.1, 0.15) is 5.00 Å². The fourth-order valence-electron chi connectivity index (χ4n) is 4.74. The Balaban J connectivity index is 1.14. The van der Waals surface area contributed by atoms with Crippen molar-refractivity contribution in [1.82, 2.24) is 33.8 Å². The van der Waals surface area contributed by atoms with Gasteiger partial charge in [-0.1, -0.05) is 30.3 Å². The second-order valence-electron chi connectivity index (χ2n) is 8.82. The molecule has 4 aromatic heterocycles. The zero-order valence-corrected chi connectivity index (χ0v) is 19.8. The van der Waals surface area contributed by atoms with Gasteiger partial charge in [-0.3, -0.25) is 14.4 Å². The molecule has 1 aromatic carbocycles. The van der Waals surface area contributed by atoms with Crippen LogP contribution in [0.2, 0.25) is 0 Å². The summed E-state index contributed by atoms with van der Waals surface area (Å²) < 4.78 is 6.75. The van der Waals surface area contributed by atoms with Crippen molar-refractivity contribution in [3.63, 3.8) is 0 Å². The van der Waals surface area contributed by atoms with Crippen LogP contribution in [-0.2, 0) is 6.54 Å². The molecule has 0 atom stereocenters. The molecule has 1 aliphatic heterocycles. The number of benzene rings is 1. The predicted molar refractivity (Wildman–Crippen MR) is 134 cm³/mol. The van der Waals surface area contributed by atoms with Gasteiger partial charge in [-0.25, -0.2) is 9.97 Å². The Morgan fingerprint density at radius 1 is 1.15 bits per heavy atom. The summed E-state index contributed by atoms with van der Waals surface area (Å²) in [6.45, 7) is 5.07. The summed E-state index contributed by atoms with van der Waals surface area (Å²) in [6.07, 6.45) is 9.90. The molecule has 0 amide bonds.